The monoisotopic (exact) mass is 554 g/mol. The topological polar surface area (TPSA) is 111 Å². The lowest BCUT2D eigenvalue weighted by molar-refractivity contribution is -0.139. The quantitative estimate of drug-likeness (QED) is 0.352. The molecule has 0 fully saturated rings. The van der Waals surface area contributed by atoms with Crippen molar-refractivity contribution in [3.05, 3.63) is 100 Å². The Labute approximate surface area is 223 Å². The summed E-state index contributed by atoms with van der Waals surface area (Å²) in [5.74, 6) is -0.815. The molecule has 1 aliphatic rings. The Morgan fingerprint density at radius 1 is 1.27 bits per heavy atom. The van der Waals surface area contributed by atoms with Crippen molar-refractivity contribution < 1.29 is 23.8 Å². The van der Waals surface area contributed by atoms with Gasteiger partial charge in [0.1, 0.15) is 17.6 Å². The molecule has 1 N–H and O–H groups in total. The van der Waals surface area contributed by atoms with E-state index in [1.807, 2.05) is 17.5 Å². The number of thiophene rings is 1. The molecule has 11 heteroatoms. The second-order valence-corrected chi connectivity index (χ2v) is 10.4. The van der Waals surface area contributed by atoms with E-state index in [0.29, 0.717) is 37.7 Å². The molecule has 0 bridgehead atoms. The van der Waals surface area contributed by atoms with E-state index in [4.69, 9.17) is 20.8 Å². The highest BCUT2D eigenvalue weighted by Crippen LogP contribution is 2.33. The number of rotatable bonds is 6. The van der Waals surface area contributed by atoms with Crippen LogP contribution in [0.25, 0.3) is 17.4 Å². The molecular formula is C26H19ClN2O6S2. The summed E-state index contributed by atoms with van der Waals surface area (Å²) in [6.07, 6.45) is 1.61. The first-order valence-corrected chi connectivity index (χ1v) is 13.2. The fourth-order valence-corrected chi connectivity index (χ4v) is 6.11. The molecule has 37 heavy (non-hydrogen) atoms. The Hall–Kier alpha value is -3.73. The normalized spacial score (nSPS) is 15.4. The van der Waals surface area contributed by atoms with Crippen LogP contribution < -0.4 is 14.9 Å². The summed E-state index contributed by atoms with van der Waals surface area (Å²) < 4.78 is 13.1. The Balaban J connectivity index is 1.59. The van der Waals surface area contributed by atoms with Gasteiger partial charge in [-0.15, -0.1) is 11.3 Å². The molecule has 0 saturated heterocycles. The molecule has 5 rings (SSSR count). The number of aromatic nitrogens is 1. The van der Waals surface area contributed by atoms with Crippen molar-refractivity contribution in [2.75, 3.05) is 6.61 Å². The predicted octanol–water partition coefficient (Wildman–Crippen LogP) is 4.47. The maximum absolute atomic E-state index is 13.6. The fraction of sp³-hybridized carbons (Fsp3) is 0.154. The maximum atomic E-state index is 13.6. The molecule has 1 aliphatic heterocycles. The minimum Gasteiger partial charge on any atom is -0.478 e. The minimum atomic E-state index is -1.14. The Bertz CT molecular complexity index is 1740. The number of halogens is 1. The largest absolute Gasteiger partial charge is 0.478 e. The Kier molecular flexibility index (Phi) is 6.72. The molecule has 4 heterocycles. The van der Waals surface area contributed by atoms with Crippen LogP contribution in [0.3, 0.4) is 0 Å². The first kappa shape index (κ1) is 24.9. The van der Waals surface area contributed by atoms with Crippen molar-refractivity contribution in [1.29, 1.82) is 0 Å². The van der Waals surface area contributed by atoms with Gasteiger partial charge in [-0.1, -0.05) is 29.0 Å². The van der Waals surface area contributed by atoms with Crippen molar-refractivity contribution in [3.63, 3.8) is 0 Å². The number of carbonyl (C=O) groups is 2. The number of esters is 1. The zero-order valence-electron chi connectivity index (χ0n) is 19.6. The van der Waals surface area contributed by atoms with Crippen molar-refractivity contribution >= 4 is 52.3 Å². The van der Waals surface area contributed by atoms with E-state index < -0.39 is 18.0 Å². The SMILES string of the molecule is CCOC(=O)C1=C(C)N=c2sc(=Cc3ccc(-c4ccc(Cl)c(C(=O)O)c4)o3)c(=O)n2C1c1cccs1. The number of carbonyl (C=O) groups excluding carboxylic acids is 1. The van der Waals surface area contributed by atoms with Gasteiger partial charge in [0, 0.05) is 16.5 Å². The van der Waals surface area contributed by atoms with Crippen LogP contribution >= 0.6 is 34.3 Å². The summed E-state index contributed by atoms with van der Waals surface area (Å²) in [7, 11) is 0. The molecule has 0 amide bonds. The molecule has 4 aromatic rings. The number of carboxylic acids is 1. The molecule has 1 atom stereocenters. The van der Waals surface area contributed by atoms with Gasteiger partial charge in [0.25, 0.3) is 5.56 Å². The number of aromatic carboxylic acids is 1. The highest BCUT2D eigenvalue weighted by atomic mass is 35.5. The minimum absolute atomic E-state index is 0.0354. The standard InChI is InChI=1S/C26H19ClN2O6S2/c1-3-34-25(33)21-13(2)28-26-29(22(21)19-5-4-10-36-19)23(30)20(37-26)12-15-7-9-18(35-15)14-6-8-17(27)16(11-14)24(31)32/h4-12,22H,3H2,1-2H3,(H,31,32). The third-order valence-corrected chi connectivity index (χ3v) is 7.95. The van der Waals surface area contributed by atoms with Crippen LogP contribution in [0.4, 0.5) is 0 Å². The predicted molar refractivity (Wildman–Crippen MR) is 141 cm³/mol. The summed E-state index contributed by atoms with van der Waals surface area (Å²) in [5, 5.41) is 11.4. The molecular weight excluding hydrogens is 536 g/mol. The highest BCUT2D eigenvalue weighted by Gasteiger charge is 2.33. The smallest absolute Gasteiger partial charge is 0.338 e. The van der Waals surface area contributed by atoms with Crippen LogP contribution in [0, 0.1) is 0 Å². The number of benzene rings is 1. The van der Waals surface area contributed by atoms with Gasteiger partial charge in [-0.05, 0) is 55.6 Å². The average molecular weight is 555 g/mol. The molecule has 0 aliphatic carbocycles. The van der Waals surface area contributed by atoms with Crippen molar-refractivity contribution in [2.45, 2.75) is 19.9 Å². The first-order chi connectivity index (χ1) is 17.8. The zero-order chi connectivity index (χ0) is 26.3. The number of furan rings is 1. The summed E-state index contributed by atoms with van der Waals surface area (Å²) in [6, 6.07) is 11.1. The Morgan fingerprint density at radius 2 is 2.08 bits per heavy atom. The van der Waals surface area contributed by atoms with Gasteiger partial charge >= 0.3 is 11.9 Å². The van der Waals surface area contributed by atoms with Gasteiger partial charge in [-0.3, -0.25) is 9.36 Å². The number of fused-ring (bicyclic) bond motifs is 1. The lowest BCUT2D eigenvalue weighted by Crippen LogP contribution is -2.39. The van der Waals surface area contributed by atoms with Crippen molar-refractivity contribution in [3.8, 4) is 11.3 Å². The van der Waals surface area contributed by atoms with E-state index in [2.05, 4.69) is 4.99 Å². The van der Waals surface area contributed by atoms with E-state index in [0.717, 1.165) is 4.88 Å². The second kappa shape index (κ2) is 9.97. The van der Waals surface area contributed by atoms with Gasteiger partial charge in [0.05, 0.1) is 33.0 Å². The van der Waals surface area contributed by atoms with Crippen LogP contribution in [0.2, 0.25) is 5.02 Å². The third kappa shape index (κ3) is 4.59. The Morgan fingerprint density at radius 3 is 2.78 bits per heavy atom. The summed E-state index contributed by atoms with van der Waals surface area (Å²) >= 11 is 8.61. The van der Waals surface area contributed by atoms with E-state index in [-0.39, 0.29) is 22.8 Å². The number of thiazole rings is 1. The van der Waals surface area contributed by atoms with Gasteiger partial charge in [-0.2, -0.15) is 0 Å². The molecule has 0 radical (unpaired) electrons. The number of carboxylic acid groups (broad SMARTS) is 1. The number of ether oxygens (including phenoxy) is 1. The second-order valence-electron chi connectivity index (χ2n) is 8.02. The molecule has 8 nitrogen and oxygen atoms in total. The van der Waals surface area contributed by atoms with E-state index >= 15 is 0 Å². The fourth-order valence-electron chi connectivity index (χ4n) is 4.06. The number of nitrogens with zero attached hydrogens (tertiary/aromatic N) is 2. The highest BCUT2D eigenvalue weighted by molar-refractivity contribution is 7.10. The summed E-state index contributed by atoms with van der Waals surface area (Å²) in [6.45, 7) is 3.67. The van der Waals surface area contributed by atoms with Crippen LogP contribution in [0.1, 0.15) is 40.9 Å². The van der Waals surface area contributed by atoms with Gasteiger partial charge in [-0.25, -0.2) is 14.6 Å². The third-order valence-electron chi connectivity index (χ3n) is 5.71. The zero-order valence-corrected chi connectivity index (χ0v) is 21.9. The summed E-state index contributed by atoms with van der Waals surface area (Å²) in [4.78, 5) is 43.7. The molecule has 1 unspecified atom stereocenters. The van der Waals surface area contributed by atoms with E-state index in [1.165, 1.54) is 39.4 Å². The molecule has 3 aromatic heterocycles. The van der Waals surface area contributed by atoms with Crippen LogP contribution in [0.5, 0.6) is 0 Å². The number of hydrogen-bond acceptors (Lipinski definition) is 8. The van der Waals surface area contributed by atoms with E-state index in [9.17, 15) is 19.5 Å². The maximum Gasteiger partial charge on any atom is 0.338 e. The average Bonchev–Trinajstić information content (AvgIpc) is 3.61. The summed E-state index contributed by atoms with van der Waals surface area (Å²) in [5.41, 5.74) is 1.03. The number of allylic oxidation sites excluding steroid dienone is 1. The number of hydrogen-bond donors (Lipinski definition) is 1. The first-order valence-electron chi connectivity index (χ1n) is 11.1. The molecule has 188 valence electrons. The van der Waals surface area contributed by atoms with Gasteiger partial charge < -0.3 is 14.3 Å². The molecule has 1 aromatic carbocycles. The lowest BCUT2D eigenvalue weighted by Gasteiger charge is -2.23. The molecule has 0 saturated carbocycles. The molecule has 0 spiro atoms. The van der Waals surface area contributed by atoms with Gasteiger partial charge in [0.2, 0.25) is 0 Å². The van der Waals surface area contributed by atoms with E-state index in [1.54, 1.807) is 38.1 Å². The van der Waals surface area contributed by atoms with Gasteiger partial charge in [0.15, 0.2) is 4.80 Å². The van der Waals surface area contributed by atoms with Crippen LogP contribution in [0.15, 0.2) is 73.3 Å². The van der Waals surface area contributed by atoms with Crippen molar-refractivity contribution in [2.24, 2.45) is 4.99 Å². The van der Waals surface area contributed by atoms with Crippen molar-refractivity contribution in [1.82, 2.24) is 4.57 Å². The van der Waals surface area contributed by atoms with Crippen LogP contribution in [-0.2, 0) is 9.53 Å². The lowest BCUT2D eigenvalue weighted by atomic mass is 10.0. The van der Waals surface area contributed by atoms with Crippen LogP contribution in [-0.4, -0.2) is 28.2 Å².